The molecule has 0 radical (unpaired) electrons. The first kappa shape index (κ1) is 32.4. The summed E-state index contributed by atoms with van der Waals surface area (Å²) in [5.74, 6) is 1.39. The van der Waals surface area contributed by atoms with E-state index in [4.69, 9.17) is 9.47 Å². The minimum Gasteiger partial charge on any atom is -0.497 e. The predicted molar refractivity (Wildman–Crippen MR) is 148 cm³/mol. The van der Waals surface area contributed by atoms with Crippen molar-refractivity contribution in [1.29, 1.82) is 0 Å². The molecule has 3 aromatic carbocycles. The van der Waals surface area contributed by atoms with Gasteiger partial charge in [0.05, 0.1) is 31.0 Å². The van der Waals surface area contributed by atoms with Crippen LogP contribution in [0.3, 0.4) is 0 Å². The van der Waals surface area contributed by atoms with E-state index in [0.717, 1.165) is 23.4 Å². The van der Waals surface area contributed by atoms with E-state index in [1.165, 1.54) is 0 Å². The molecule has 1 saturated heterocycles. The van der Waals surface area contributed by atoms with E-state index in [0.29, 0.717) is 44.2 Å². The molecule has 0 saturated carbocycles. The lowest BCUT2D eigenvalue weighted by molar-refractivity contribution is -0.143. The second-order valence-electron chi connectivity index (χ2n) is 9.53. The van der Waals surface area contributed by atoms with E-state index in [1.807, 2.05) is 48.5 Å². The highest BCUT2D eigenvalue weighted by Crippen LogP contribution is 2.37. The molecule has 1 heterocycles. The Morgan fingerprint density at radius 2 is 1.39 bits per heavy atom. The number of nitrogens with one attached hydrogen (secondary N) is 1. The van der Waals surface area contributed by atoms with E-state index in [1.54, 1.807) is 14.2 Å². The van der Waals surface area contributed by atoms with Crippen LogP contribution in [0.25, 0.3) is 0 Å². The zero-order chi connectivity index (χ0) is 28.9. The van der Waals surface area contributed by atoms with Crippen molar-refractivity contribution in [1.82, 2.24) is 10.2 Å². The third-order valence-corrected chi connectivity index (χ3v) is 6.98. The fraction of sp³-hybridized carbons (Fsp3) is 0.379. The Labute approximate surface area is 241 Å². The van der Waals surface area contributed by atoms with E-state index >= 15 is 0 Å². The van der Waals surface area contributed by atoms with Crippen molar-refractivity contribution in [3.63, 3.8) is 0 Å². The Kier molecular flexibility index (Phi) is 10.8. The molecule has 0 aliphatic carbocycles. The molecule has 1 aliphatic heterocycles. The van der Waals surface area contributed by atoms with E-state index < -0.39 is 23.5 Å². The quantitative estimate of drug-likeness (QED) is 0.272. The van der Waals surface area contributed by atoms with Crippen LogP contribution < -0.4 is 19.7 Å². The number of hydrogen-bond acceptors (Lipinski definition) is 5. The highest BCUT2D eigenvalue weighted by atomic mass is 35.5. The molecule has 1 atom stereocenters. The van der Waals surface area contributed by atoms with Crippen molar-refractivity contribution in [3.8, 4) is 11.5 Å². The predicted octanol–water partition coefficient (Wildman–Crippen LogP) is 6.82. The monoisotopic (exact) mass is 603 g/mol. The normalized spacial score (nSPS) is 15.3. The van der Waals surface area contributed by atoms with Gasteiger partial charge in [-0.2, -0.15) is 26.3 Å². The largest absolute Gasteiger partial charge is 0.497 e. The minimum atomic E-state index is -4.88. The SMILES string of the molecule is COc1ccc(N2CCN(C(CNCc3cc(C(F)(F)F)cc(C(F)(F)F)c3)c3ccccc3)CC2)c(OC)c1.Cl. The number of alkyl halides is 6. The Hall–Kier alpha value is -3.15. The molecule has 3 aromatic rings. The maximum Gasteiger partial charge on any atom is 0.416 e. The van der Waals surface area contributed by atoms with Crippen LogP contribution in [0.1, 0.15) is 28.3 Å². The summed E-state index contributed by atoms with van der Waals surface area (Å²) in [6, 6.07) is 16.8. The summed E-state index contributed by atoms with van der Waals surface area (Å²) in [6.45, 7) is 2.99. The number of rotatable bonds is 9. The van der Waals surface area contributed by atoms with Crippen molar-refractivity contribution < 1.29 is 35.8 Å². The third kappa shape index (κ3) is 8.21. The first-order valence-electron chi connectivity index (χ1n) is 12.7. The summed E-state index contributed by atoms with van der Waals surface area (Å²) in [6.07, 6.45) is -9.76. The number of halogens is 7. The summed E-state index contributed by atoms with van der Waals surface area (Å²) < 4.78 is 90.5. The van der Waals surface area contributed by atoms with E-state index in [-0.39, 0.29) is 36.6 Å². The van der Waals surface area contributed by atoms with Gasteiger partial charge in [-0.3, -0.25) is 4.90 Å². The number of piperazine rings is 1. The Morgan fingerprint density at radius 3 is 1.93 bits per heavy atom. The molecule has 4 rings (SSSR count). The second kappa shape index (κ2) is 13.7. The van der Waals surface area contributed by atoms with Gasteiger partial charge in [0.1, 0.15) is 11.5 Å². The zero-order valence-corrected chi connectivity index (χ0v) is 23.4. The number of anilines is 1. The molecule has 1 unspecified atom stereocenters. The van der Waals surface area contributed by atoms with E-state index in [2.05, 4.69) is 15.1 Å². The minimum absolute atomic E-state index is 0. The fourth-order valence-corrected chi connectivity index (χ4v) is 4.93. The topological polar surface area (TPSA) is 37.0 Å². The maximum atomic E-state index is 13.3. The second-order valence-corrected chi connectivity index (χ2v) is 9.53. The molecular formula is C29H32ClF6N3O2. The molecule has 1 aliphatic rings. The first-order chi connectivity index (χ1) is 19.0. The molecule has 0 amide bonds. The molecule has 5 nitrogen and oxygen atoms in total. The Balaban J connectivity index is 0.00000462. The van der Waals surface area contributed by atoms with Crippen molar-refractivity contribution in [2.75, 3.05) is 51.8 Å². The maximum absolute atomic E-state index is 13.3. The van der Waals surface area contributed by atoms with Gasteiger partial charge in [0.2, 0.25) is 0 Å². The third-order valence-electron chi connectivity index (χ3n) is 6.98. The van der Waals surface area contributed by atoms with Gasteiger partial charge in [-0.15, -0.1) is 12.4 Å². The highest BCUT2D eigenvalue weighted by molar-refractivity contribution is 5.85. The average molecular weight is 604 g/mol. The van der Waals surface area contributed by atoms with Gasteiger partial charge in [-0.25, -0.2) is 0 Å². The van der Waals surface area contributed by atoms with Crippen molar-refractivity contribution in [2.45, 2.75) is 24.9 Å². The fourth-order valence-electron chi connectivity index (χ4n) is 4.93. The molecule has 1 N–H and O–H groups in total. The van der Waals surface area contributed by atoms with Crippen LogP contribution in [0.2, 0.25) is 0 Å². The zero-order valence-electron chi connectivity index (χ0n) is 22.6. The lowest BCUT2D eigenvalue weighted by atomic mass is 10.0. The van der Waals surface area contributed by atoms with Crippen LogP contribution in [-0.2, 0) is 18.9 Å². The molecule has 12 heteroatoms. The van der Waals surface area contributed by atoms with Gasteiger partial charge in [0.15, 0.2) is 0 Å². The summed E-state index contributed by atoms with van der Waals surface area (Å²) in [5, 5.41) is 3.10. The highest BCUT2D eigenvalue weighted by Gasteiger charge is 2.37. The summed E-state index contributed by atoms with van der Waals surface area (Å²) >= 11 is 0. The summed E-state index contributed by atoms with van der Waals surface area (Å²) in [7, 11) is 3.20. The lowest BCUT2D eigenvalue weighted by Gasteiger charge is -2.41. The van der Waals surface area contributed by atoms with Crippen molar-refractivity contribution in [3.05, 3.63) is 89.0 Å². The van der Waals surface area contributed by atoms with Gasteiger partial charge in [0, 0.05) is 51.4 Å². The van der Waals surface area contributed by atoms with Gasteiger partial charge >= 0.3 is 12.4 Å². The first-order valence-corrected chi connectivity index (χ1v) is 12.7. The smallest absolute Gasteiger partial charge is 0.416 e. The lowest BCUT2D eigenvalue weighted by Crippen LogP contribution is -2.49. The molecule has 0 aromatic heterocycles. The Bertz CT molecular complexity index is 1230. The summed E-state index contributed by atoms with van der Waals surface area (Å²) in [4.78, 5) is 4.48. The van der Waals surface area contributed by atoms with Gasteiger partial charge < -0.3 is 19.7 Å². The van der Waals surface area contributed by atoms with Crippen LogP contribution in [0.5, 0.6) is 11.5 Å². The molecular weight excluding hydrogens is 572 g/mol. The number of nitrogens with zero attached hydrogens (tertiary/aromatic N) is 2. The number of hydrogen-bond donors (Lipinski definition) is 1. The molecule has 0 bridgehead atoms. The summed E-state index contributed by atoms with van der Waals surface area (Å²) in [5.41, 5.74) is -0.758. The number of benzene rings is 3. The van der Waals surface area contributed by atoms with Gasteiger partial charge in [-0.1, -0.05) is 30.3 Å². The standard InChI is InChI=1S/C29H31F6N3O2.ClH/c1-39-24-8-9-25(27(17-24)40-2)37-10-12-38(13-11-37)26(21-6-4-3-5-7-21)19-36-18-20-14-22(28(30,31)32)16-23(15-20)29(33,34)35;/h3-9,14-17,26,36H,10-13,18-19H2,1-2H3;1H. The van der Waals surface area contributed by atoms with E-state index in [9.17, 15) is 26.3 Å². The average Bonchev–Trinajstić information content (AvgIpc) is 2.94. The molecule has 0 spiro atoms. The van der Waals surface area contributed by atoms with Crippen LogP contribution in [0.4, 0.5) is 32.0 Å². The molecule has 224 valence electrons. The number of methoxy groups -OCH3 is 2. The Morgan fingerprint density at radius 1 is 0.780 bits per heavy atom. The van der Waals surface area contributed by atoms with Crippen LogP contribution in [0.15, 0.2) is 66.7 Å². The van der Waals surface area contributed by atoms with Crippen LogP contribution >= 0.6 is 12.4 Å². The van der Waals surface area contributed by atoms with Gasteiger partial charge in [-0.05, 0) is 41.5 Å². The van der Waals surface area contributed by atoms with Crippen LogP contribution in [0, 0.1) is 0 Å². The number of ether oxygens (including phenoxy) is 2. The van der Waals surface area contributed by atoms with Crippen LogP contribution in [-0.4, -0.2) is 51.8 Å². The molecule has 1 fully saturated rings. The van der Waals surface area contributed by atoms with Gasteiger partial charge in [0.25, 0.3) is 0 Å². The van der Waals surface area contributed by atoms with Crippen molar-refractivity contribution in [2.24, 2.45) is 0 Å². The van der Waals surface area contributed by atoms with Crippen molar-refractivity contribution >= 4 is 18.1 Å². The molecule has 41 heavy (non-hydrogen) atoms.